The highest BCUT2D eigenvalue weighted by Crippen LogP contribution is 2.37. The molecule has 3 rings (SSSR count). The number of aliphatic carboxylic acids is 1. The lowest BCUT2D eigenvalue weighted by Gasteiger charge is -2.46. The van der Waals surface area contributed by atoms with Crippen molar-refractivity contribution in [2.45, 2.75) is 62.6 Å². The molecule has 114 valence electrons. The number of rotatable bonds is 3. The van der Waals surface area contributed by atoms with Crippen LogP contribution in [0.25, 0.3) is 0 Å². The van der Waals surface area contributed by atoms with Crippen LogP contribution in [0, 0.1) is 0 Å². The van der Waals surface area contributed by atoms with Crippen LogP contribution in [0.1, 0.15) is 44.9 Å². The fourth-order valence-electron chi connectivity index (χ4n) is 4.07. The topological polar surface area (TPSA) is 59.0 Å². The average Bonchev–Trinajstić information content (AvgIpc) is 2.87. The summed E-state index contributed by atoms with van der Waals surface area (Å²) in [5, 5.41) is 9.12. The Balaban J connectivity index is 1.67. The van der Waals surface area contributed by atoms with Gasteiger partial charge < -0.3 is 14.6 Å². The maximum Gasteiger partial charge on any atom is 0.304 e. The fraction of sp³-hybridized carbons (Fsp3) is 0.933. The molecule has 3 unspecified atom stereocenters. The van der Waals surface area contributed by atoms with Crippen molar-refractivity contribution < 1.29 is 19.4 Å². The summed E-state index contributed by atoms with van der Waals surface area (Å²) in [6.07, 6.45) is 6.67. The molecule has 0 radical (unpaired) electrons. The number of carbonyl (C=O) groups is 1. The first-order valence-corrected chi connectivity index (χ1v) is 7.88. The van der Waals surface area contributed by atoms with Crippen LogP contribution in [0.5, 0.6) is 0 Å². The van der Waals surface area contributed by atoms with Gasteiger partial charge in [0.25, 0.3) is 0 Å². The molecule has 3 aliphatic rings. The van der Waals surface area contributed by atoms with Crippen LogP contribution in [-0.4, -0.2) is 60.0 Å². The van der Waals surface area contributed by atoms with E-state index in [9.17, 15) is 4.79 Å². The minimum atomic E-state index is -0.673. The molecule has 0 bridgehead atoms. The molecule has 3 atom stereocenters. The lowest BCUT2D eigenvalue weighted by molar-refractivity contribution is -0.141. The number of hydrogen-bond donors (Lipinski definition) is 1. The standard InChI is InChI=1S/C15H25NO4/c17-14(18)9-12-3-1-2-6-16(12)13-4-7-20-15(10-13)5-8-19-11-15/h12-13H,1-11H2,(H,17,18). The highest BCUT2D eigenvalue weighted by Gasteiger charge is 2.44. The molecule has 0 aromatic carbocycles. The van der Waals surface area contributed by atoms with E-state index >= 15 is 0 Å². The largest absolute Gasteiger partial charge is 0.481 e. The molecule has 5 heteroatoms. The lowest BCUT2D eigenvalue weighted by atomic mass is 9.86. The van der Waals surface area contributed by atoms with Gasteiger partial charge in [0.1, 0.15) is 0 Å². The highest BCUT2D eigenvalue weighted by atomic mass is 16.6. The van der Waals surface area contributed by atoms with Crippen LogP contribution >= 0.6 is 0 Å². The van der Waals surface area contributed by atoms with E-state index in [2.05, 4.69) is 4.90 Å². The molecule has 0 aromatic rings. The van der Waals surface area contributed by atoms with Crippen molar-refractivity contribution in [1.29, 1.82) is 0 Å². The minimum absolute atomic E-state index is 0.0891. The van der Waals surface area contributed by atoms with Gasteiger partial charge in [0.15, 0.2) is 0 Å². The molecule has 1 spiro atoms. The molecular formula is C15H25NO4. The van der Waals surface area contributed by atoms with Crippen molar-refractivity contribution in [1.82, 2.24) is 4.90 Å². The smallest absolute Gasteiger partial charge is 0.304 e. The Bertz CT molecular complexity index is 354. The van der Waals surface area contributed by atoms with Crippen molar-refractivity contribution in [2.75, 3.05) is 26.4 Å². The molecular weight excluding hydrogens is 258 g/mol. The predicted molar refractivity (Wildman–Crippen MR) is 73.7 cm³/mol. The number of ether oxygens (including phenoxy) is 2. The summed E-state index contributed by atoms with van der Waals surface area (Å²) in [6.45, 7) is 3.33. The summed E-state index contributed by atoms with van der Waals surface area (Å²) in [6, 6.07) is 0.679. The molecule has 3 aliphatic heterocycles. The summed E-state index contributed by atoms with van der Waals surface area (Å²) in [5.41, 5.74) is -0.0891. The van der Waals surface area contributed by atoms with E-state index in [0.29, 0.717) is 12.6 Å². The monoisotopic (exact) mass is 283 g/mol. The number of likely N-dealkylation sites (tertiary alicyclic amines) is 1. The van der Waals surface area contributed by atoms with Crippen LogP contribution in [0.2, 0.25) is 0 Å². The number of hydrogen-bond acceptors (Lipinski definition) is 4. The molecule has 3 fully saturated rings. The third kappa shape index (κ3) is 3.00. The van der Waals surface area contributed by atoms with Gasteiger partial charge in [-0.3, -0.25) is 9.69 Å². The number of carboxylic acids is 1. The maximum absolute atomic E-state index is 11.1. The Morgan fingerprint density at radius 2 is 2.20 bits per heavy atom. The second kappa shape index (κ2) is 6.00. The van der Waals surface area contributed by atoms with Crippen molar-refractivity contribution in [3.8, 4) is 0 Å². The third-order valence-corrected chi connectivity index (χ3v) is 5.09. The Morgan fingerprint density at radius 1 is 1.30 bits per heavy atom. The summed E-state index contributed by atoms with van der Waals surface area (Å²) < 4.78 is 11.5. The minimum Gasteiger partial charge on any atom is -0.481 e. The Hall–Kier alpha value is -0.650. The van der Waals surface area contributed by atoms with Gasteiger partial charge in [0, 0.05) is 31.7 Å². The van der Waals surface area contributed by atoms with Gasteiger partial charge in [0.05, 0.1) is 18.6 Å². The number of carboxylic acid groups (broad SMARTS) is 1. The van der Waals surface area contributed by atoms with Gasteiger partial charge in [-0.25, -0.2) is 0 Å². The van der Waals surface area contributed by atoms with Gasteiger partial charge >= 0.3 is 5.97 Å². The summed E-state index contributed by atoms with van der Waals surface area (Å²) in [7, 11) is 0. The van der Waals surface area contributed by atoms with Crippen LogP contribution in [0.3, 0.4) is 0 Å². The van der Waals surface area contributed by atoms with E-state index in [-0.39, 0.29) is 18.1 Å². The number of piperidine rings is 1. The first kappa shape index (κ1) is 14.3. The van der Waals surface area contributed by atoms with E-state index in [4.69, 9.17) is 14.6 Å². The van der Waals surface area contributed by atoms with Crippen molar-refractivity contribution >= 4 is 5.97 Å². The van der Waals surface area contributed by atoms with Crippen LogP contribution in [0.15, 0.2) is 0 Å². The molecule has 3 saturated heterocycles. The zero-order chi connectivity index (χ0) is 14.0. The second-order valence-corrected chi connectivity index (χ2v) is 6.47. The summed E-state index contributed by atoms with van der Waals surface area (Å²) in [4.78, 5) is 13.5. The van der Waals surface area contributed by atoms with E-state index < -0.39 is 5.97 Å². The van der Waals surface area contributed by atoms with Gasteiger partial charge in [-0.1, -0.05) is 6.42 Å². The third-order valence-electron chi connectivity index (χ3n) is 5.09. The van der Waals surface area contributed by atoms with E-state index in [1.807, 2.05) is 0 Å². The molecule has 0 aliphatic carbocycles. The van der Waals surface area contributed by atoms with Gasteiger partial charge in [0.2, 0.25) is 0 Å². The Kier molecular flexibility index (Phi) is 4.29. The highest BCUT2D eigenvalue weighted by molar-refractivity contribution is 5.67. The van der Waals surface area contributed by atoms with Crippen molar-refractivity contribution in [3.63, 3.8) is 0 Å². The Morgan fingerprint density at radius 3 is 2.95 bits per heavy atom. The van der Waals surface area contributed by atoms with Crippen molar-refractivity contribution in [2.24, 2.45) is 0 Å². The first-order chi connectivity index (χ1) is 9.69. The Labute approximate surface area is 120 Å². The molecule has 20 heavy (non-hydrogen) atoms. The van der Waals surface area contributed by atoms with Gasteiger partial charge in [-0.15, -0.1) is 0 Å². The normalized spacial score (nSPS) is 39.2. The molecule has 3 heterocycles. The second-order valence-electron chi connectivity index (χ2n) is 6.47. The SMILES string of the molecule is O=C(O)CC1CCCCN1C1CCOC2(CCOC2)C1. The van der Waals surface area contributed by atoms with E-state index in [1.165, 1.54) is 6.42 Å². The van der Waals surface area contributed by atoms with Crippen LogP contribution < -0.4 is 0 Å². The van der Waals surface area contributed by atoms with Crippen LogP contribution in [0.4, 0.5) is 0 Å². The van der Waals surface area contributed by atoms with Gasteiger partial charge in [-0.2, -0.15) is 0 Å². The van der Waals surface area contributed by atoms with E-state index in [0.717, 1.165) is 51.9 Å². The lowest BCUT2D eigenvalue weighted by Crippen LogP contribution is -2.54. The maximum atomic E-state index is 11.1. The quantitative estimate of drug-likeness (QED) is 0.853. The zero-order valence-electron chi connectivity index (χ0n) is 12.1. The van der Waals surface area contributed by atoms with Crippen LogP contribution in [-0.2, 0) is 14.3 Å². The average molecular weight is 283 g/mol. The van der Waals surface area contributed by atoms with E-state index in [1.54, 1.807) is 0 Å². The predicted octanol–water partition coefficient (Wildman–Crippen LogP) is 1.65. The zero-order valence-corrected chi connectivity index (χ0v) is 12.1. The molecule has 0 saturated carbocycles. The summed E-state index contributed by atoms with van der Waals surface area (Å²) in [5.74, 6) is -0.673. The summed E-state index contributed by atoms with van der Waals surface area (Å²) >= 11 is 0. The molecule has 1 N–H and O–H groups in total. The number of nitrogens with zero attached hydrogens (tertiary/aromatic N) is 1. The van der Waals surface area contributed by atoms with Crippen molar-refractivity contribution in [3.05, 3.63) is 0 Å². The first-order valence-electron chi connectivity index (χ1n) is 7.88. The molecule has 0 amide bonds. The molecule has 5 nitrogen and oxygen atoms in total. The fourth-order valence-corrected chi connectivity index (χ4v) is 4.07. The van der Waals surface area contributed by atoms with Gasteiger partial charge in [-0.05, 0) is 32.2 Å². The molecule has 0 aromatic heterocycles.